The normalized spacial score (nSPS) is 23.4. The van der Waals surface area contributed by atoms with Crippen molar-refractivity contribution >= 4 is 10.0 Å². The van der Waals surface area contributed by atoms with Crippen molar-refractivity contribution in [2.24, 2.45) is 5.92 Å². The summed E-state index contributed by atoms with van der Waals surface area (Å²) in [5.41, 5.74) is -0.418. The molecule has 0 bridgehead atoms. The molecular formula is C14H18FN3O2S. The fourth-order valence-electron chi connectivity index (χ4n) is 2.74. The minimum atomic E-state index is -3.86. The lowest BCUT2D eigenvalue weighted by Gasteiger charge is -2.22. The fourth-order valence-corrected chi connectivity index (χ4v) is 4.45. The molecule has 0 N–H and O–H groups in total. The quantitative estimate of drug-likeness (QED) is 0.843. The molecule has 1 aromatic carbocycles. The van der Waals surface area contributed by atoms with E-state index in [-0.39, 0.29) is 16.9 Å². The number of nitriles is 1. The van der Waals surface area contributed by atoms with Crippen LogP contribution in [0.1, 0.15) is 12.5 Å². The molecule has 2 atom stereocenters. The molecule has 0 spiro atoms. The van der Waals surface area contributed by atoms with Gasteiger partial charge >= 0.3 is 0 Å². The lowest BCUT2D eigenvalue weighted by Crippen LogP contribution is -2.36. The molecule has 5 nitrogen and oxygen atoms in total. The Bertz CT molecular complexity index is 682. The molecule has 1 saturated heterocycles. The first-order valence-electron chi connectivity index (χ1n) is 6.64. The summed E-state index contributed by atoms with van der Waals surface area (Å²) in [7, 11) is -0.0532. The molecule has 0 radical (unpaired) electrons. The molecule has 1 aliphatic heterocycles. The average Bonchev–Trinajstić information content (AvgIpc) is 2.81. The zero-order valence-corrected chi connectivity index (χ0v) is 13.1. The highest BCUT2D eigenvalue weighted by Crippen LogP contribution is 2.28. The first kappa shape index (κ1) is 15.9. The van der Waals surface area contributed by atoms with E-state index in [4.69, 9.17) is 5.26 Å². The van der Waals surface area contributed by atoms with Crippen LogP contribution in [0.2, 0.25) is 0 Å². The van der Waals surface area contributed by atoms with Gasteiger partial charge in [0.2, 0.25) is 10.0 Å². The molecule has 1 aromatic rings. The summed E-state index contributed by atoms with van der Waals surface area (Å²) in [6.45, 7) is 2.70. The van der Waals surface area contributed by atoms with Gasteiger partial charge in [0.1, 0.15) is 22.3 Å². The van der Waals surface area contributed by atoms with Crippen molar-refractivity contribution in [3.05, 3.63) is 29.6 Å². The summed E-state index contributed by atoms with van der Waals surface area (Å²) in [5.74, 6) is -0.635. The topological polar surface area (TPSA) is 64.4 Å². The van der Waals surface area contributed by atoms with Crippen molar-refractivity contribution in [1.82, 2.24) is 9.21 Å². The van der Waals surface area contributed by atoms with Crippen LogP contribution in [0.4, 0.5) is 4.39 Å². The van der Waals surface area contributed by atoms with Gasteiger partial charge in [-0.15, -0.1) is 0 Å². The molecular weight excluding hydrogens is 293 g/mol. The molecule has 0 aliphatic carbocycles. The van der Waals surface area contributed by atoms with E-state index in [9.17, 15) is 12.8 Å². The third-order valence-electron chi connectivity index (χ3n) is 3.91. The summed E-state index contributed by atoms with van der Waals surface area (Å²) in [6, 6.07) is 5.44. The Morgan fingerprint density at radius 1 is 1.38 bits per heavy atom. The van der Waals surface area contributed by atoms with Gasteiger partial charge in [-0.1, -0.05) is 13.0 Å². The van der Waals surface area contributed by atoms with Crippen LogP contribution in [0, 0.1) is 23.1 Å². The molecule has 2 unspecified atom stereocenters. The number of hydrogen-bond acceptors (Lipinski definition) is 4. The fraction of sp³-hybridized carbons (Fsp3) is 0.500. The Labute approximate surface area is 124 Å². The number of sulfonamides is 1. The second-order valence-corrected chi connectivity index (χ2v) is 7.46. The van der Waals surface area contributed by atoms with Gasteiger partial charge in [0.15, 0.2) is 0 Å². The zero-order chi connectivity index (χ0) is 15.8. The van der Waals surface area contributed by atoms with Gasteiger partial charge in [0, 0.05) is 19.1 Å². The van der Waals surface area contributed by atoms with Crippen molar-refractivity contribution in [2.45, 2.75) is 17.9 Å². The number of benzene rings is 1. The maximum absolute atomic E-state index is 13.6. The molecule has 2 rings (SSSR count). The Balaban J connectivity index is 2.41. The summed E-state index contributed by atoms with van der Waals surface area (Å²) >= 11 is 0. The highest BCUT2D eigenvalue weighted by molar-refractivity contribution is 7.89. The molecule has 0 amide bonds. The van der Waals surface area contributed by atoms with Crippen molar-refractivity contribution in [3.8, 4) is 6.07 Å². The van der Waals surface area contributed by atoms with Crippen LogP contribution >= 0.6 is 0 Å². The van der Waals surface area contributed by atoms with Gasteiger partial charge in [0.25, 0.3) is 0 Å². The lowest BCUT2D eigenvalue weighted by atomic mass is 10.1. The zero-order valence-electron chi connectivity index (χ0n) is 12.2. The Hall–Kier alpha value is -1.49. The average molecular weight is 311 g/mol. The second kappa shape index (κ2) is 5.72. The van der Waals surface area contributed by atoms with Crippen molar-refractivity contribution in [2.75, 3.05) is 27.2 Å². The maximum atomic E-state index is 13.6. The van der Waals surface area contributed by atoms with Crippen LogP contribution in [0.15, 0.2) is 23.1 Å². The van der Waals surface area contributed by atoms with Crippen LogP contribution in [0.5, 0.6) is 0 Å². The van der Waals surface area contributed by atoms with E-state index in [2.05, 4.69) is 0 Å². The minimum Gasteiger partial charge on any atom is -0.305 e. The maximum Gasteiger partial charge on any atom is 0.244 e. The lowest BCUT2D eigenvalue weighted by molar-refractivity contribution is 0.263. The summed E-state index contributed by atoms with van der Waals surface area (Å²) in [5, 5.41) is 9.02. The van der Waals surface area contributed by atoms with E-state index in [0.717, 1.165) is 6.07 Å². The van der Waals surface area contributed by atoms with Crippen molar-refractivity contribution < 1.29 is 12.8 Å². The van der Waals surface area contributed by atoms with Gasteiger partial charge in [-0.2, -0.15) is 9.57 Å². The Morgan fingerprint density at radius 2 is 2.05 bits per heavy atom. The Kier molecular flexibility index (Phi) is 4.33. The number of likely N-dealkylation sites (N-methyl/N-ethyl adjacent to an activating group) is 1. The Morgan fingerprint density at radius 3 is 2.57 bits per heavy atom. The van der Waals surface area contributed by atoms with Gasteiger partial charge in [-0.05, 0) is 32.1 Å². The number of nitrogens with zero attached hydrogens (tertiary/aromatic N) is 3. The van der Waals surface area contributed by atoms with Crippen molar-refractivity contribution in [3.63, 3.8) is 0 Å². The van der Waals surface area contributed by atoms with E-state index in [1.54, 1.807) is 6.07 Å². The predicted molar refractivity (Wildman–Crippen MR) is 76.5 cm³/mol. The molecule has 0 aromatic heterocycles. The van der Waals surface area contributed by atoms with Crippen molar-refractivity contribution in [1.29, 1.82) is 5.26 Å². The third-order valence-corrected chi connectivity index (χ3v) is 5.78. The molecule has 1 aliphatic rings. The smallest absolute Gasteiger partial charge is 0.244 e. The number of hydrogen-bond donors (Lipinski definition) is 0. The standard InChI is InChI=1S/C14H18FN3O2S/c1-10-8-18(9-13(10)17(2)3)21(19,20)14-6-4-5-12(15)11(14)7-16/h4-6,10,13H,8-9H2,1-3H3. The molecule has 1 fully saturated rings. The first-order chi connectivity index (χ1) is 9.78. The molecule has 114 valence electrons. The van der Waals surface area contributed by atoms with E-state index >= 15 is 0 Å². The second-order valence-electron chi connectivity index (χ2n) is 5.56. The SMILES string of the molecule is CC1CN(S(=O)(=O)c2cccc(F)c2C#N)CC1N(C)C. The summed E-state index contributed by atoms with van der Waals surface area (Å²) in [4.78, 5) is 1.73. The van der Waals surface area contributed by atoms with E-state index in [1.807, 2.05) is 25.9 Å². The molecule has 21 heavy (non-hydrogen) atoms. The third kappa shape index (κ3) is 2.79. The van der Waals surface area contributed by atoms with Gasteiger partial charge in [-0.3, -0.25) is 0 Å². The minimum absolute atomic E-state index is 0.110. The number of rotatable bonds is 3. The van der Waals surface area contributed by atoms with Crippen LogP contribution in [0.3, 0.4) is 0 Å². The summed E-state index contributed by atoms with van der Waals surface area (Å²) in [6.07, 6.45) is 0. The van der Waals surface area contributed by atoms with E-state index in [1.165, 1.54) is 16.4 Å². The van der Waals surface area contributed by atoms with Crippen LogP contribution in [-0.2, 0) is 10.0 Å². The van der Waals surface area contributed by atoms with Crippen LogP contribution in [0.25, 0.3) is 0 Å². The predicted octanol–water partition coefficient (Wildman–Crippen LogP) is 1.27. The molecule has 7 heteroatoms. The van der Waals surface area contributed by atoms with E-state index < -0.39 is 21.4 Å². The highest BCUT2D eigenvalue weighted by atomic mass is 32.2. The van der Waals surface area contributed by atoms with E-state index in [0.29, 0.717) is 13.1 Å². The highest BCUT2D eigenvalue weighted by Gasteiger charge is 2.39. The molecule has 1 heterocycles. The first-order valence-corrected chi connectivity index (χ1v) is 8.08. The van der Waals surface area contributed by atoms with Gasteiger partial charge in [0.05, 0.1) is 0 Å². The monoisotopic (exact) mass is 311 g/mol. The van der Waals surface area contributed by atoms with Crippen LogP contribution < -0.4 is 0 Å². The summed E-state index contributed by atoms with van der Waals surface area (Å²) < 4.78 is 40.3. The van der Waals surface area contributed by atoms with Gasteiger partial charge < -0.3 is 4.90 Å². The van der Waals surface area contributed by atoms with Gasteiger partial charge in [-0.25, -0.2) is 12.8 Å². The largest absolute Gasteiger partial charge is 0.305 e. The van der Waals surface area contributed by atoms with Crippen LogP contribution in [-0.4, -0.2) is 50.8 Å². The number of halogens is 1. The molecule has 0 saturated carbocycles.